The van der Waals surface area contributed by atoms with Crippen molar-refractivity contribution in [3.63, 3.8) is 0 Å². The van der Waals surface area contributed by atoms with Crippen LogP contribution in [0.3, 0.4) is 0 Å². The molecule has 80 valence electrons. The zero-order valence-electron chi connectivity index (χ0n) is 8.77. The van der Waals surface area contributed by atoms with E-state index in [1.807, 2.05) is 26.4 Å². The molecule has 0 unspecified atom stereocenters. The zero-order chi connectivity index (χ0) is 10.7. The Morgan fingerprint density at radius 3 is 2.93 bits per heavy atom. The van der Waals surface area contributed by atoms with Crippen molar-refractivity contribution >= 4 is 11.3 Å². The van der Waals surface area contributed by atoms with Gasteiger partial charge in [-0.15, -0.1) is 16.4 Å². The van der Waals surface area contributed by atoms with Crippen LogP contribution in [-0.4, -0.2) is 20.0 Å². The summed E-state index contributed by atoms with van der Waals surface area (Å²) in [6, 6.07) is 0. The van der Waals surface area contributed by atoms with Gasteiger partial charge in [0, 0.05) is 37.4 Å². The highest BCUT2D eigenvalue weighted by Crippen LogP contribution is 2.10. The van der Waals surface area contributed by atoms with Crippen molar-refractivity contribution in [3.05, 3.63) is 28.0 Å². The predicted molar refractivity (Wildman–Crippen MR) is 58.4 cm³/mol. The number of rotatable bonds is 4. The average molecular weight is 223 g/mol. The highest BCUT2D eigenvalue weighted by atomic mass is 32.1. The molecule has 0 saturated carbocycles. The van der Waals surface area contributed by atoms with E-state index in [0.717, 1.165) is 23.8 Å². The number of hydrogen-bond donors (Lipinski definition) is 1. The summed E-state index contributed by atoms with van der Waals surface area (Å²) < 4.78 is 1.70. The highest BCUT2D eigenvalue weighted by molar-refractivity contribution is 7.11. The first-order chi connectivity index (χ1) is 7.24. The number of nitrogens with one attached hydrogen (secondary N) is 1. The van der Waals surface area contributed by atoms with Crippen molar-refractivity contribution in [1.82, 2.24) is 25.3 Å². The van der Waals surface area contributed by atoms with Gasteiger partial charge < -0.3 is 5.32 Å². The highest BCUT2D eigenvalue weighted by Gasteiger charge is 2.00. The molecule has 0 aliphatic carbocycles. The smallest absolute Gasteiger partial charge is 0.0964 e. The third-order valence-electron chi connectivity index (χ3n) is 1.92. The second-order valence-corrected chi connectivity index (χ2v) is 4.65. The normalized spacial score (nSPS) is 10.8. The van der Waals surface area contributed by atoms with Crippen LogP contribution in [0.4, 0.5) is 0 Å². The summed E-state index contributed by atoms with van der Waals surface area (Å²) in [6.45, 7) is 3.59. The van der Waals surface area contributed by atoms with Gasteiger partial charge in [0.05, 0.1) is 10.7 Å². The zero-order valence-corrected chi connectivity index (χ0v) is 9.58. The fourth-order valence-electron chi connectivity index (χ4n) is 1.28. The molecule has 0 bridgehead atoms. The molecule has 2 aromatic rings. The van der Waals surface area contributed by atoms with Gasteiger partial charge in [0.1, 0.15) is 0 Å². The van der Waals surface area contributed by atoms with Crippen LogP contribution in [0.5, 0.6) is 0 Å². The first kappa shape index (κ1) is 10.3. The van der Waals surface area contributed by atoms with Gasteiger partial charge in [-0.3, -0.25) is 4.68 Å². The summed E-state index contributed by atoms with van der Waals surface area (Å²) in [7, 11) is 1.86. The minimum Gasteiger partial charge on any atom is -0.306 e. The quantitative estimate of drug-likeness (QED) is 0.835. The maximum Gasteiger partial charge on any atom is 0.0964 e. The largest absolute Gasteiger partial charge is 0.306 e. The molecule has 15 heavy (non-hydrogen) atoms. The van der Waals surface area contributed by atoms with E-state index in [-0.39, 0.29) is 0 Å². The number of aromatic nitrogens is 4. The van der Waals surface area contributed by atoms with Gasteiger partial charge in [0.25, 0.3) is 0 Å². The Kier molecular flexibility index (Phi) is 3.08. The summed E-state index contributed by atoms with van der Waals surface area (Å²) in [4.78, 5) is 5.44. The summed E-state index contributed by atoms with van der Waals surface area (Å²) in [5.41, 5.74) is 0.957. The standard InChI is InChI=1S/C9H13N5S/c1-7-11-5-9(15-7)4-10-3-8-6-14(2)13-12-8/h5-6,10H,3-4H2,1-2H3. The van der Waals surface area contributed by atoms with E-state index in [2.05, 4.69) is 20.6 Å². The molecule has 6 heteroatoms. The Morgan fingerprint density at radius 2 is 2.33 bits per heavy atom. The van der Waals surface area contributed by atoms with E-state index in [4.69, 9.17) is 0 Å². The fourth-order valence-corrected chi connectivity index (χ4v) is 2.04. The lowest BCUT2D eigenvalue weighted by Gasteiger charge is -1.97. The molecule has 0 spiro atoms. The van der Waals surface area contributed by atoms with Crippen LogP contribution >= 0.6 is 11.3 Å². The molecular formula is C9H13N5S. The van der Waals surface area contributed by atoms with E-state index < -0.39 is 0 Å². The van der Waals surface area contributed by atoms with Gasteiger partial charge in [0.2, 0.25) is 0 Å². The molecule has 5 nitrogen and oxygen atoms in total. The number of hydrogen-bond acceptors (Lipinski definition) is 5. The lowest BCUT2D eigenvalue weighted by molar-refractivity contribution is 0.678. The molecule has 0 saturated heterocycles. The Hall–Kier alpha value is -1.27. The van der Waals surface area contributed by atoms with Crippen LogP contribution in [0.15, 0.2) is 12.4 Å². The summed E-state index contributed by atoms with van der Waals surface area (Å²) in [5.74, 6) is 0. The van der Waals surface area contributed by atoms with Gasteiger partial charge in [-0.05, 0) is 6.92 Å². The third kappa shape index (κ3) is 2.84. The van der Waals surface area contributed by atoms with E-state index >= 15 is 0 Å². The maximum atomic E-state index is 4.19. The first-order valence-corrected chi connectivity index (χ1v) is 5.53. The van der Waals surface area contributed by atoms with Crippen LogP contribution in [-0.2, 0) is 20.1 Å². The molecule has 0 aromatic carbocycles. The summed E-state index contributed by atoms with van der Waals surface area (Å²) in [5, 5.41) is 12.3. The van der Waals surface area contributed by atoms with Crippen molar-refractivity contribution in [3.8, 4) is 0 Å². The van der Waals surface area contributed by atoms with Gasteiger partial charge in [-0.2, -0.15) is 0 Å². The van der Waals surface area contributed by atoms with E-state index in [1.165, 1.54) is 4.88 Å². The molecule has 0 aliphatic heterocycles. The molecule has 0 radical (unpaired) electrons. The fraction of sp³-hybridized carbons (Fsp3) is 0.444. The van der Waals surface area contributed by atoms with Crippen molar-refractivity contribution in [2.24, 2.45) is 7.05 Å². The van der Waals surface area contributed by atoms with Crippen molar-refractivity contribution in [2.75, 3.05) is 0 Å². The molecule has 2 heterocycles. The van der Waals surface area contributed by atoms with Crippen LogP contribution < -0.4 is 5.32 Å². The molecule has 0 aliphatic rings. The maximum absolute atomic E-state index is 4.19. The van der Waals surface area contributed by atoms with Gasteiger partial charge in [-0.1, -0.05) is 5.21 Å². The Bertz CT molecular complexity index is 393. The molecule has 1 N–H and O–H groups in total. The van der Waals surface area contributed by atoms with E-state index in [9.17, 15) is 0 Å². The number of thiazole rings is 1. The van der Waals surface area contributed by atoms with Crippen molar-refractivity contribution < 1.29 is 0 Å². The van der Waals surface area contributed by atoms with Gasteiger partial charge in [0.15, 0.2) is 0 Å². The van der Waals surface area contributed by atoms with E-state index in [0.29, 0.717) is 0 Å². The molecule has 2 aromatic heterocycles. The Morgan fingerprint density at radius 1 is 1.47 bits per heavy atom. The lowest BCUT2D eigenvalue weighted by Crippen LogP contribution is -2.11. The van der Waals surface area contributed by atoms with Crippen LogP contribution in [0, 0.1) is 6.92 Å². The minimum atomic E-state index is 0.741. The predicted octanol–water partition coefficient (Wildman–Crippen LogP) is 0.870. The first-order valence-electron chi connectivity index (χ1n) is 4.71. The Balaban J connectivity index is 1.80. The molecule has 0 atom stereocenters. The van der Waals surface area contributed by atoms with Crippen LogP contribution in [0.2, 0.25) is 0 Å². The summed E-state index contributed by atoms with van der Waals surface area (Å²) >= 11 is 1.71. The molecule has 2 rings (SSSR count). The second kappa shape index (κ2) is 4.50. The number of nitrogens with zero attached hydrogens (tertiary/aromatic N) is 4. The third-order valence-corrected chi connectivity index (χ3v) is 2.84. The topological polar surface area (TPSA) is 55.6 Å². The second-order valence-electron chi connectivity index (χ2n) is 3.33. The van der Waals surface area contributed by atoms with E-state index in [1.54, 1.807) is 16.0 Å². The molecule has 0 fully saturated rings. The Labute approximate surface area is 92.2 Å². The van der Waals surface area contributed by atoms with Crippen LogP contribution in [0.1, 0.15) is 15.6 Å². The number of aryl methyl sites for hydroxylation is 2. The van der Waals surface area contributed by atoms with Gasteiger partial charge in [-0.25, -0.2) is 4.98 Å². The lowest BCUT2D eigenvalue weighted by atomic mass is 10.4. The van der Waals surface area contributed by atoms with Crippen LogP contribution in [0.25, 0.3) is 0 Å². The SMILES string of the molecule is Cc1ncc(CNCc2cn(C)nn2)s1. The van der Waals surface area contributed by atoms with Crippen molar-refractivity contribution in [2.45, 2.75) is 20.0 Å². The average Bonchev–Trinajstić information content (AvgIpc) is 2.76. The summed E-state index contributed by atoms with van der Waals surface area (Å²) in [6.07, 6.45) is 3.81. The molecular weight excluding hydrogens is 210 g/mol. The monoisotopic (exact) mass is 223 g/mol. The van der Waals surface area contributed by atoms with Crippen molar-refractivity contribution in [1.29, 1.82) is 0 Å². The minimum absolute atomic E-state index is 0.741. The van der Waals surface area contributed by atoms with Gasteiger partial charge >= 0.3 is 0 Å². The molecule has 0 amide bonds.